The number of hydrogen-bond donors (Lipinski definition) is 0. The van der Waals surface area contributed by atoms with Crippen molar-refractivity contribution in [3.8, 4) is 11.5 Å². The highest BCUT2D eigenvalue weighted by molar-refractivity contribution is 7.98. The first-order valence-corrected chi connectivity index (χ1v) is 8.61. The fraction of sp³-hybridized carbons (Fsp3) is 0.375. The number of hydrogen-bond acceptors (Lipinski definition) is 6. The lowest BCUT2D eigenvalue weighted by molar-refractivity contribution is 0.465. The van der Waals surface area contributed by atoms with Gasteiger partial charge in [-0.2, -0.15) is 0 Å². The molecule has 2 heterocycles. The standard InChI is InChI=1S/C16H17N5OS/c1-10-5-3-4-6-12(10)15-19-20-16(22-15)23-9-13-17-18-14(21(13)2)11-7-8-11/h3-6,11H,7-9H2,1-2H3. The Morgan fingerprint density at radius 1 is 1.17 bits per heavy atom. The highest BCUT2D eigenvalue weighted by atomic mass is 32.2. The Morgan fingerprint density at radius 3 is 2.78 bits per heavy atom. The third kappa shape index (κ3) is 2.88. The molecule has 0 saturated heterocycles. The van der Waals surface area contributed by atoms with Gasteiger partial charge in [0.1, 0.15) is 11.6 Å². The minimum Gasteiger partial charge on any atom is -0.411 e. The summed E-state index contributed by atoms with van der Waals surface area (Å²) in [7, 11) is 2.02. The maximum absolute atomic E-state index is 5.76. The van der Waals surface area contributed by atoms with E-state index in [1.165, 1.54) is 24.6 Å². The molecule has 0 amide bonds. The summed E-state index contributed by atoms with van der Waals surface area (Å²) in [5.74, 6) is 3.86. The number of aromatic nitrogens is 5. The van der Waals surface area contributed by atoms with Crippen molar-refractivity contribution in [3.63, 3.8) is 0 Å². The molecule has 0 unspecified atom stereocenters. The van der Waals surface area contributed by atoms with Crippen LogP contribution < -0.4 is 0 Å². The van der Waals surface area contributed by atoms with Gasteiger partial charge >= 0.3 is 0 Å². The summed E-state index contributed by atoms with van der Waals surface area (Å²) in [5, 5.41) is 17.4. The Morgan fingerprint density at radius 2 is 2.00 bits per heavy atom. The lowest BCUT2D eigenvalue weighted by Crippen LogP contribution is -2.00. The first kappa shape index (κ1) is 14.4. The van der Waals surface area contributed by atoms with Crippen molar-refractivity contribution in [2.24, 2.45) is 7.05 Å². The molecule has 4 rings (SSSR count). The lowest BCUT2D eigenvalue weighted by atomic mass is 10.1. The van der Waals surface area contributed by atoms with Crippen LogP contribution in [0.1, 0.15) is 36.0 Å². The smallest absolute Gasteiger partial charge is 0.277 e. The van der Waals surface area contributed by atoms with Crippen LogP contribution in [0.4, 0.5) is 0 Å². The van der Waals surface area contributed by atoms with Gasteiger partial charge < -0.3 is 8.98 Å². The summed E-state index contributed by atoms with van der Waals surface area (Å²) in [6, 6.07) is 7.99. The van der Waals surface area contributed by atoms with Crippen molar-refractivity contribution in [3.05, 3.63) is 41.5 Å². The fourth-order valence-electron chi connectivity index (χ4n) is 2.51. The topological polar surface area (TPSA) is 69.6 Å². The molecule has 0 radical (unpaired) electrons. The first-order valence-electron chi connectivity index (χ1n) is 7.63. The monoisotopic (exact) mass is 327 g/mol. The average Bonchev–Trinajstić information content (AvgIpc) is 3.17. The summed E-state index contributed by atoms with van der Waals surface area (Å²) >= 11 is 1.49. The summed E-state index contributed by atoms with van der Waals surface area (Å²) in [6.45, 7) is 2.03. The predicted molar refractivity (Wildman–Crippen MR) is 87.0 cm³/mol. The Balaban J connectivity index is 1.47. The van der Waals surface area contributed by atoms with Crippen LogP contribution in [0, 0.1) is 6.92 Å². The molecular formula is C16H17N5OS. The summed E-state index contributed by atoms with van der Waals surface area (Å²) < 4.78 is 7.85. The quantitative estimate of drug-likeness (QED) is 0.669. The zero-order valence-corrected chi connectivity index (χ0v) is 13.9. The molecule has 0 bridgehead atoms. The van der Waals surface area contributed by atoms with Gasteiger partial charge in [0.25, 0.3) is 5.22 Å². The maximum atomic E-state index is 5.76. The van der Waals surface area contributed by atoms with E-state index in [0.717, 1.165) is 22.8 Å². The van der Waals surface area contributed by atoms with E-state index in [-0.39, 0.29) is 0 Å². The molecule has 1 fully saturated rings. The molecule has 1 aliphatic carbocycles. The lowest BCUT2D eigenvalue weighted by Gasteiger charge is -2.01. The third-order valence-corrected chi connectivity index (χ3v) is 4.86. The van der Waals surface area contributed by atoms with E-state index in [4.69, 9.17) is 4.42 Å². The molecule has 23 heavy (non-hydrogen) atoms. The second-order valence-electron chi connectivity index (χ2n) is 5.78. The van der Waals surface area contributed by atoms with Crippen LogP contribution in [0.15, 0.2) is 33.9 Å². The molecule has 118 valence electrons. The van der Waals surface area contributed by atoms with Gasteiger partial charge in [0.05, 0.1) is 5.75 Å². The first-order chi connectivity index (χ1) is 11.2. The zero-order chi connectivity index (χ0) is 15.8. The van der Waals surface area contributed by atoms with Gasteiger partial charge in [-0.3, -0.25) is 0 Å². The van der Waals surface area contributed by atoms with Crippen molar-refractivity contribution < 1.29 is 4.42 Å². The molecule has 2 aromatic heterocycles. The number of nitrogens with zero attached hydrogens (tertiary/aromatic N) is 5. The van der Waals surface area contributed by atoms with E-state index in [0.29, 0.717) is 22.8 Å². The van der Waals surface area contributed by atoms with Crippen LogP contribution in [-0.4, -0.2) is 25.0 Å². The molecule has 0 N–H and O–H groups in total. The van der Waals surface area contributed by atoms with E-state index in [2.05, 4.69) is 25.0 Å². The molecule has 7 heteroatoms. The number of benzene rings is 1. The summed E-state index contributed by atoms with van der Waals surface area (Å²) in [5.41, 5.74) is 2.09. The Bertz CT molecular complexity index is 837. The highest BCUT2D eigenvalue weighted by Crippen LogP contribution is 2.39. The third-order valence-electron chi connectivity index (χ3n) is 4.05. The Labute approximate surface area is 138 Å². The molecule has 1 saturated carbocycles. The largest absolute Gasteiger partial charge is 0.411 e. The molecule has 0 aliphatic heterocycles. The molecule has 6 nitrogen and oxygen atoms in total. The van der Waals surface area contributed by atoms with Gasteiger partial charge in [0.15, 0.2) is 0 Å². The van der Waals surface area contributed by atoms with Crippen LogP contribution in [0.25, 0.3) is 11.5 Å². The molecule has 3 aromatic rings. The summed E-state index contributed by atoms with van der Waals surface area (Å²) in [6.07, 6.45) is 2.45. The van der Waals surface area contributed by atoms with Gasteiger partial charge in [0.2, 0.25) is 5.89 Å². The summed E-state index contributed by atoms with van der Waals surface area (Å²) in [4.78, 5) is 0. The van der Waals surface area contributed by atoms with E-state index in [1.807, 2.05) is 38.2 Å². The van der Waals surface area contributed by atoms with Crippen molar-refractivity contribution in [1.82, 2.24) is 25.0 Å². The molecule has 0 atom stereocenters. The van der Waals surface area contributed by atoms with Gasteiger partial charge in [-0.15, -0.1) is 20.4 Å². The van der Waals surface area contributed by atoms with Gasteiger partial charge in [0, 0.05) is 18.5 Å². The minimum absolute atomic E-state index is 0.555. The maximum Gasteiger partial charge on any atom is 0.277 e. The normalized spacial score (nSPS) is 14.3. The molecular weight excluding hydrogens is 310 g/mol. The number of thioether (sulfide) groups is 1. The van der Waals surface area contributed by atoms with E-state index in [9.17, 15) is 0 Å². The van der Waals surface area contributed by atoms with Crippen LogP contribution in [0.2, 0.25) is 0 Å². The van der Waals surface area contributed by atoms with Gasteiger partial charge in [-0.25, -0.2) is 0 Å². The SMILES string of the molecule is Cc1ccccc1-c1nnc(SCc2nnc(C3CC3)n2C)o1. The van der Waals surface area contributed by atoms with Crippen molar-refractivity contribution in [2.75, 3.05) is 0 Å². The Hall–Kier alpha value is -2.15. The van der Waals surface area contributed by atoms with Crippen molar-refractivity contribution >= 4 is 11.8 Å². The van der Waals surface area contributed by atoms with Crippen LogP contribution >= 0.6 is 11.8 Å². The molecule has 1 aliphatic rings. The van der Waals surface area contributed by atoms with Crippen molar-refractivity contribution in [1.29, 1.82) is 0 Å². The van der Waals surface area contributed by atoms with Crippen LogP contribution in [0.3, 0.4) is 0 Å². The molecule has 0 spiro atoms. The number of aryl methyl sites for hydroxylation is 1. The minimum atomic E-state index is 0.555. The van der Waals surface area contributed by atoms with Crippen LogP contribution in [-0.2, 0) is 12.8 Å². The fourth-order valence-corrected chi connectivity index (χ4v) is 3.25. The van der Waals surface area contributed by atoms with E-state index < -0.39 is 0 Å². The van der Waals surface area contributed by atoms with Crippen LogP contribution in [0.5, 0.6) is 0 Å². The van der Waals surface area contributed by atoms with Gasteiger partial charge in [-0.05, 0) is 31.4 Å². The molecule has 1 aromatic carbocycles. The highest BCUT2D eigenvalue weighted by Gasteiger charge is 2.29. The second kappa shape index (κ2) is 5.81. The van der Waals surface area contributed by atoms with E-state index >= 15 is 0 Å². The predicted octanol–water partition coefficient (Wildman–Crippen LogP) is 3.34. The van der Waals surface area contributed by atoms with Crippen molar-refractivity contribution in [2.45, 2.75) is 36.7 Å². The zero-order valence-electron chi connectivity index (χ0n) is 13.1. The number of rotatable bonds is 5. The Kier molecular flexibility index (Phi) is 3.65. The second-order valence-corrected chi connectivity index (χ2v) is 6.71. The van der Waals surface area contributed by atoms with E-state index in [1.54, 1.807) is 0 Å². The van der Waals surface area contributed by atoms with Gasteiger partial charge in [-0.1, -0.05) is 30.0 Å². The average molecular weight is 327 g/mol.